The number of hydrogen-bond donors (Lipinski definition) is 8. The van der Waals surface area contributed by atoms with Crippen LogP contribution in [0.3, 0.4) is 0 Å². The number of carbonyl (C=O) groups excluding carboxylic acids is 4. The van der Waals surface area contributed by atoms with Crippen molar-refractivity contribution in [2.24, 2.45) is 0 Å². The monoisotopic (exact) mass is 1700 g/mol. The summed E-state index contributed by atoms with van der Waals surface area (Å²) in [6.45, 7) is 8.49. The molecule has 17 rings (SSSR count). The largest absolute Gasteiger partial charge is 0.493 e. The van der Waals surface area contributed by atoms with Gasteiger partial charge in [0.25, 0.3) is 23.6 Å². The van der Waals surface area contributed by atoms with Gasteiger partial charge in [-0.2, -0.15) is 0 Å². The Morgan fingerprint density at radius 3 is 1.53 bits per heavy atom. The first-order chi connectivity index (χ1) is 56.3. The quantitative estimate of drug-likeness (QED) is 0.0285. The maximum absolute atomic E-state index is 14.9. The molecule has 116 heavy (non-hydrogen) atoms. The fraction of sp³-hybridized carbons (Fsp3) is 0.235. The van der Waals surface area contributed by atoms with Crippen LogP contribution in [0.25, 0.3) is 54.4 Å². The number of halogens is 5. The number of aryl methyl sites for hydroxylation is 4. The van der Waals surface area contributed by atoms with Crippen molar-refractivity contribution in [3.05, 3.63) is 272 Å². The first-order valence-electron chi connectivity index (χ1n) is 37.3. The molecule has 0 bridgehead atoms. The fourth-order valence-electron chi connectivity index (χ4n) is 14.7. The van der Waals surface area contributed by atoms with Crippen LogP contribution in [0, 0.1) is 24.4 Å². The van der Waals surface area contributed by atoms with Gasteiger partial charge in [-0.15, -0.1) is 56.7 Å². The van der Waals surface area contributed by atoms with Gasteiger partial charge in [0.05, 0.1) is 39.3 Å². The van der Waals surface area contributed by atoms with Crippen LogP contribution < -0.4 is 41.4 Å². The second-order valence-electron chi connectivity index (χ2n) is 27.9. The maximum Gasteiger partial charge on any atom is 0.274 e. The van der Waals surface area contributed by atoms with Gasteiger partial charge in [0.15, 0.2) is 15.4 Å². The molecule has 9 heterocycles. The lowest BCUT2D eigenvalue weighted by Gasteiger charge is -2.21. The van der Waals surface area contributed by atoms with E-state index in [9.17, 15) is 32.3 Å². The van der Waals surface area contributed by atoms with Crippen molar-refractivity contribution in [2.45, 2.75) is 97.1 Å². The van der Waals surface area contributed by atoms with Crippen molar-refractivity contribution in [1.82, 2.24) is 46.8 Å². The van der Waals surface area contributed by atoms with Crippen LogP contribution in [0.15, 0.2) is 167 Å². The second-order valence-corrected chi connectivity index (χ2v) is 33.2. The van der Waals surface area contributed by atoms with Gasteiger partial charge in [-0.3, -0.25) is 45.0 Å². The average Bonchev–Trinajstić information content (AvgIpc) is 1.64. The van der Waals surface area contributed by atoms with Crippen LogP contribution in [0.4, 0.5) is 28.6 Å². The number of nitrogens with one attached hydrogen (secondary N) is 4. The number of aromatic nitrogens is 5. The van der Waals surface area contributed by atoms with Crippen LogP contribution in [0.5, 0.6) is 5.75 Å². The van der Waals surface area contributed by atoms with Gasteiger partial charge in [0, 0.05) is 144 Å². The lowest BCUT2D eigenvalue weighted by molar-refractivity contribution is 0.0701. The first kappa shape index (κ1) is 82.0. The Morgan fingerprint density at radius 1 is 0.500 bits per heavy atom. The molecule has 3 aliphatic heterocycles. The van der Waals surface area contributed by atoms with E-state index >= 15 is 0 Å². The van der Waals surface area contributed by atoms with Gasteiger partial charge in [-0.1, -0.05) is 65.7 Å². The zero-order valence-corrected chi connectivity index (χ0v) is 68.2. The minimum Gasteiger partial charge on any atom is -0.493 e. The number of thiophene rings is 1. The highest BCUT2D eigenvalue weighted by molar-refractivity contribution is 7.22. The molecule has 0 saturated heterocycles. The van der Waals surface area contributed by atoms with E-state index in [-0.39, 0.29) is 28.4 Å². The third kappa shape index (κ3) is 18.9. The molecule has 0 saturated carbocycles. The topological polar surface area (TPSA) is 281 Å². The van der Waals surface area contributed by atoms with Crippen LogP contribution in [-0.4, -0.2) is 102 Å². The highest BCUT2D eigenvalue weighted by Gasteiger charge is 2.30. The summed E-state index contributed by atoms with van der Waals surface area (Å²) < 4.78 is 51.1. The van der Waals surface area contributed by atoms with Gasteiger partial charge >= 0.3 is 0 Å². The number of ether oxygens (including phenoxy) is 1. The van der Waals surface area contributed by atoms with Crippen molar-refractivity contribution >= 4 is 129 Å². The smallest absolute Gasteiger partial charge is 0.274 e. The molecule has 1 atom stereocenters. The SMILES string of the molecule is CCOc1cc(C(=O)NO)cc2c1CN(c1nc(-c3cccc(Cl)c3)cs1)CCC2.Cc1c(-c2csc(C3CCCc4cc(C(=O)NO)cc(F)c4C3)n2)sc2ccccc12.O=C(NO)c1cc(F)c2c(c1)CCCN(c1nc(-c3cccc(Cl)c3)cs1)C2.O=C(NO)c1cc(F)c2c(c1)CCN(c1nc(-c3cccnc3)cs1)CC2. The molecule has 0 radical (unpaired) electrons. The number of hydrogen-bond acceptors (Lipinski definition) is 22. The van der Waals surface area contributed by atoms with Gasteiger partial charge in [-0.25, -0.2) is 55.0 Å². The Hall–Kier alpha value is -10.5. The number of benzene rings is 7. The number of carbonyl (C=O) groups is 4. The van der Waals surface area contributed by atoms with Crippen LogP contribution in [-0.2, 0) is 51.6 Å². The lowest BCUT2D eigenvalue weighted by Crippen LogP contribution is -2.25. The van der Waals surface area contributed by atoms with Crippen LogP contribution >= 0.6 is 79.9 Å². The van der Waals surface area contributed by atoms with Crippen molar-refractivity contribution in [3.8, 4) is 50.1 Å². The van der Waals surface area contributed by atoms with Crippen molar-refractivity contribution in [1.29, 1.82) is 0 Å². The molecule has 596 valence electrons. The molecule has 0 fully saturated rings. The third-order valence-corrected chi connectivity index (χ3v) is 26.0. The zero-order chi connectivity index (χ0) is 81.1. The van der Waals surface area contributed by atoms with E-state index in [0.717, 1.165) is 139 Å². The molecule has 1 unspecified atom stereocenters. The summed E-state index contributed by atoms with van der Waals surface area (Å²) in [7, 11) is 0. The predicted octanol–water partition coefficient (Wildman–Crippen LogP) is 18.9. The Morgan fingerprint density at radius 2 is 0.983 bits per heavy atom. The predicted molar refractivity (Wildman–Crippen MR) is 450 cm³/mol. The molecule has 31 heteroatoms. The number of nitrogens with zero attached hydrogens (tertiary/aromatic N) is 8. The molecule has 1 aliphatic carbocycles. The Labute approximate surface area is 695 Å². The third-order valence-electron chi connectivity index (χ3n) is 20.5. The standard InChI is InChI=1S/C24H21FN2O2S2.C22H22ClN3O3S.C20H17ClFN3O2S.C19H17FN4O2S/c1-13-17-7-2-3-8-21(17)31-22(13)20-12-30-24(26-20)15-6-4-5-14-9-16(23(28)27-29)11-19(25)18(14)10-15;1-2-29-20-11-16(21(27)25-28)9-14-6-4-8-26(12-18(14)20)22-24-19(13-30-22)15-5-3-7-17(23)10-15;21-15-5-1-3-13(8-15)18-11-28-20(23-18)25-6-2-4-12-7-14(19(26)24-27)9-17(22)16(12)10-25;20-16-9-14(18(25)23-26)8-12-3-6-24(7-4-15(12)16)19-22-17(11-27-19)13-2-1-5-21-10-13/h2-3,7-9,11-12,15,29H,4-6,10H2,1H3,(H,27,28);3,5,7,9-11,13,28H,2,4,6,8,12H2,1H3,(H,25,27);1,3,5,7-9,11,27H,2,4,6,10H2,(H,24,26);1-2,5,8-11,26H,3-4,6-7H2,(H,23,25). The summed E-state index contributed by atoms with van der Waals surface area (Å²) in [4.78, 5) is 77.9. The summed E-state index contributed by atoms with van der Waals surface area (Å²) in [5.74, 6) is -3.07. The number of rotatable bonds is 14. The van der Waals surface area contributed by atoms with E-state index in [1.165, 1.54) is 44.0 Å². The fourth-order valence-corrected chi connectivity index (χ4v) is 19.9. The summed E-state index contributed by atoms with van der Waals surface area (Å²) in [6.07, 6.45) is 11.0. The van der Waals surface area contributed by atoms with E-state index in [2.05, 4.69) is 56.3 Å². The average molecular weight is 1700 g/mol. The molecular formula is C85H77Cl2F3N12O9S5. The summed E-state index contributed by atoms with van der Waals surface area (Å²) in [5.41, 5.74) is 21.3. The van der Waals surface area contributed by atoms with Gasteiger partial charge < -0.3 is 19.4 Å². The number of hydroxylamine groups is 4. The molecule has 13 aromatic rings. The highest BCUT2D eigenvalue weighted by Crippen LogP contribution is 2.43. The highest BCUT2D eigenvalue weighted by atomic mass is 35.5. The summed E-state index contributed by atoms with van der Waals surface area (Å²) in [6, 6.07) is 39.5. The van der Waals surface area contributed by atoms with Crippen LogP contribution in [0.2, 0.25) is 10.0 Å². The van der Waals surface area contributed by atoms with Gasteiger partial charge in [0.2, 0.25) is 0 Å². The van der Waals surface area contributed by atoms with Crippen molar-refractivity contribution in [3.63, 3.8) is 0 Å². The molecule has 21 nitrogen and oxygen atoms in total. The van der Waals surface area contributed by atoms with E-state index < -0.39 is 35.3 Å². The summed E-state index contributed by atoms with van der Waals surface area (Å²) >= 11 is 20.3. The van der Waals surface area contributed by atoms with E-state index in [0.29, 0.717) is 103 Å². The molecule has 7 aromatic carbocycles. The zero-order valence-electron chi connectivity index (χ0n) is 62.6. The lowest BCUT2D eigenvalue weighted by atomic mass is 9.95. The van der Waals surface area contributed by atoms with E-state index in [1.54, 1.807) is 104 Å². The Bertz CT molecular complexity index is 5770. The summed E-state index contributed by atoms with van der Waals surface area (Å²) in [5, 5.41) is 49.9. The maximum atomic E-state index is 14.9. The molecular weight excluding hydrogens is 1620 g/mol. The number of fused-ring (bicyclic) bond motifs is 5. The van der Waals surface area contributed by atoms with Crippen LogP contribution in [0.1, 0.15) is 135 Å². The van der Waals surface area contributed by atoms with Gasteiger partial charge in [-0.05, 0) is 213 Å². The minimum absolute atomic E-state index is 0.115. The molecule has 4 amide bonds. The Balaban J connectivity index is 0.000000128. The minimum atomic E-state index is -0.714. The number of pyridine rings is 1. The number of anilines is 3. The first-order valence-corrected chi connectivity index (χ1v) is 42.4. The van der Waals surface area contributed by atoms with Gasteiger partial charge in [0.1, 0.15) is 23.2 Å². The Kier molecular flexibility index (Phi) is 26.6. The molecule has 8 N–H and O–H groups in total. The normalized spacial score (nSPS) is 14.3. The molecule has 4 aliphatic rings. The van der Waals surface area contributed by atoms with E-state index in [1.807, 2.05) is 89.8 Å². The van der Waals surface area contributed by atoms with Crippen molar-refractivity contribution < 1.29 is 57.9 Å². The number of thiazole rings is 4. The second kappa shape index (κ2) is 37.6. The van der Waals surface area contributed by atoms with E-state index in [4.69, 9.17) is 68.7 Å². The molecule has 0 spiro atoms. The van der Waals surface area contributed by atoms with Crippen molar-refractivity contribution in [2.75, 3.05) is 47.5 Å². The molecule has 6 aromatic heterocycles. The number of amides is 4.